The Hall–Kier alpha value is -2.18. The number of pyridine rings is 1. The largest absolute Gasteiger partial charge is 0.497 e. The summed E-state index contributed by atoms with van der Waals surface area (Å²) in [5, 5.41) is 8.16. The molecule has 1 unspecified atom stereocenters. The Bertz CT molecular complexity index is 791. The van der Waals surface area contributed by atoms with Gasteiger partial charge in [0.1, 0.15) is 11.4 Å². The zero-order valence-electron chi connectivity index (χ0n) is 13.2. The summed E-state index contributed by atoms with van der Waals surface area (Å²) in [5.41, 5.74) is 1.54. The Morgan fingerprint density at radius 1 is 1.22 bits per heavy atom. The Labute approximate surface area is 140 Å². The van der Waals surface area contributed by atoms with Crippen molar-refractivity contribution >= 4 is 23.3 Å². The minimum absolute atomic E-state index is 0. The number of fused-ring (bicyclic) bond motifs is 1. The van der Waals surface area contributed by atoms with Crippen LogP contribution in [-0.2, 0) is 6.42 Å². The van der Waals surface area contributed by atoms with Crippen molar-refractivity contribution in [1.29, 1.82) is 0 Å². The molecule has 1 aromatic carbocycles. The minimum Gasteiger partial charge on any atom is -0.497 e. The molecule has 3 aromatic rings. The van der Waals surface area contributed by atoms with Crippen LogP contribution >= 0.6 is 12.4 Å². The molecule has 0 aliphatic carbocycles. The fourth-order valence-corrected chi connectivity index (χ4v) is 2.17. The van der Waals surface area contributed by atoms with E-state index in [4.69, 9.17) is 9.26 Å². The number of nitrogens with one attached hydrogen (secondary N) is 1. The van der Waals surface area contributed by atoms with Crippen LogP contribution in [0.2, 0.25) is 0 Å². The van der Waals surface area contributed by atoms with E-state index < -0.39 is 0 Å². The lowest BCUT2D eigenvalue weighted by Gasteiger charge is -2.04. The third-order valence-corrected chi connectivity index (χ3v) is 3.57. The van der Waals surface area contributed by atoms with Gasteiger partial charge in [-0.15, -0.1) is 12.4 Å². The zero-order chi connectivity index (χ0) is 15.5. The van der Waals surface area contributed by atoms with Crippen molar-refractivity contribution in [3.8, 4) is 17.3 Å². The molecule has 0 bridgehead atoms. The van der Waals surface area contributed by atoms with E-state index in [-0.39, 0.29) is 12.4 Å². The van der Waals surface area contributed by atoms with Crippen LogP contribution in [-0.4, -0.2) is 35.3 Å². The fourth-order valence-electron chi connectivity index (χ4n) is 2.17. The summed E-state index contributed by atoms with van der Waals surface area (Å²) in [6.45, 7) is 2.07. The predicted molar refractivity (Wildman–Crippen MR) is 91.1 cm³/mol. The van der Waals surface area contributed by atoms with Crippen LogP contribution in [0.1, 0.15) is 12.7 Å². The smallest absolute Gasteiger partial charge is 0.276 e. The molecule has 23 heavy (non-hydrogen) atoms. The predicted octanol–water partition coefficient (Wildman–Crippen LogP) is 2.87. The van der Waals surface area contributed by atoms with E-state index >= 15 is 0 Å². The van der Waals surface area contributed by atoms with E-state index in [2.05, 4.69) is 27.4 Å². The van der Waals surface area contributed by atoms with Crippen LogP contribution in [0.3, 0.4) is 0 Å². The number of ether oxygens (including phenoxy) is 1. The van der Waals surface area contributed by atoms with Crippen molar-refractivity contribution in [2.75, 3.05) is 14.2 Å². The molecule has 0 radical (unpaired) electrons. The zero-order valence-corrected chi connectivity index (χ0v) is 14.1. The topological polar surface area (TPSA) is 73.1 Å². The van der Waals surface area contributed by atoms with Gasteiger partial charge in [-0.1, -0.05) is 11.2 Å². The summed E-state index contributed by atoms with van der Waals surface area (Å²) in [4.78, 5) is 8.97. The lowest BCUT2D eigenvalue weighted by Crippen LogP contribution is -2.24. The number of hydrogen-bond donors (Lipinski definition) is 1. The number of likely N-dealkylation sites (N-methyl/N-ethyl adjacent to an activating group) is 1. The van der Waals surface area contributed by atoms with Gasteiger partial charge >= 0.3 is 0 Å². The van der Waals surface area contributed by atoms with E-state index in [1.807, 2.05) is 37.4 Å². The molecule has 1 N–H and O–H groups in total. The third-order valence-electron chi connectivity index (χ3n) is 3.57. The van der Waals surface area contributed by atoms with Gasteiger partial charge in [0, 0.05) is 17.8 Å². The lowest BCUT2D eigenvalue weighted by molar-refractivity contribution is 0.415. The maximum atomic E-state index is 5.31. The molecule has 7 heteroatoms. The lowest BCUT2D eigenvalue weighted by atomic mass is 10.2. The standard InChI is InChI=1S/C16H18N4O2.ClH/c1-10(17-2)8-15-19-16(22-20-15)14-6-4-11-9-12(21-3)5-7-13(11)18-14;/h4-7,9-10,17H,8H2,1-3H3;1H. The number of benzene rings is 1. The average molecular weight is 335 g/mol. The fraction of sp³-hybridized carbons (Fsp3) is 0.312. The second-order valence-electron chi connectivity index (χ2n) is 5.16. The van der Waals surface area contributed by atoms with Crippen molar-refractivity contribution in [3.05, 3.63) is 36.2 Å². The van der Waals surface area contributed by atoms with Gasteiger partial charge < -0.3 is 14.6 Å². The van der Waals surface area contributed by atoms with E-state index in [1.54, 1.807) is 7.11 Å². The van der Waals surface area contributed by atoms with Crippen LogP contribution in [0.25, 0.3) is 22.5 Å². The van der Waals surface area contributed by atoms with E-state index in [0.29, 0.717) is 29.9 Å². The van der Waals surface area contributed by atoms with Gasteiger partial charge in [0.2, 0.25) is 0 Å². The molecule has 0 amide bonds. The molecule has 0 saturated carbocycles. The molecule has 0 fully saturated rings. The highest BCUT2D eigenvalue weighted by molar-refractivity contribution is 5.85. The van der Waals surface area contributed by atoms with Crippen molar-refractivity contribution in [3.63, 3.8) is 0 Å². The normalized spacial score (nSPS) is 12.0. The molecule has 3 rings (SSSR count). The molecule has 0 spiro atoms. The number of halogens is 1. The molecule has 1 atom stereocenters. The second-order valence-corrected chi connectivity index (χ2v) is 5.16. The SMILES string of the molecule is CNC(C)Cc1noc(-c2ccc3cc(OC)ccc3n2)n1.Cl. The number of aromatic nitrogens is 3. The Kier molecular flexibility index (Phi) is 5.52. The summed E-state index contributed by atoms with van der Waals surface area (Å²) >= 11 is 0. The van der Waals surface area contributed by atoms with Gasteiger partial charge in [-0.2, -0.15) is 4.98 Å². The summed E-state index contributed by atoms with van der Waals surface area (Å²) in [6, 6.07) is 9.88. The molecular weight excluding hydrogens is 316 g/mol. The van der Waals surface area contributed by atoms with Crippen molar-refractivity contribution in [2.45, 2.75) is 19.4 Å². The maximum absolute atomic E-state index is 5.31. The molecule has 0 aliphatic heterocycles. The van der Waals surface area contributed by atoms with Crippen LogP contribution in [0.4, 0.5) is 0 Å². The van der Waals surface area contributed by atoms with E-state index in [9.17, 15) is 0 Å². The van der Waals surface area contributed by atoms with Crippen molar-refractivity contribution in [1.82, 2.24) is 20.4 Å². The van der Waals surface area contributed by atoms with Gasteiger partial charge in [-0.05, 0) is 38.2 Å². The average Bonchev–Trinajstić information content (AvgIpc) is 3.02. The molecule has 2 heterocycles. The molecule has 122 valence electrons. The molecular formula is C16H19ClN4O2. The van der Waals surface area contributed by atoms with Gasteiger partial charge in [0.25, 0.3) is 5.89 Å². The highest BCUT2D eigenvalue weighted by atomic mass is 35.5. The first-order valence-corrected chi connectivity index (χ1v) is 7.14. The first kappa shape index (κ1) is 17.2. The first-order chi connectivity index (χ1) is 10.7. The summed E-state index contributed by atoms with van der Waals surface area (Å²) in [6.07, 6.45) is 0.713. The second kappa shape index (κ2) is 7.39. The van der Waals surface area contributed by atoms with Crippen LogP contribution < -0.4 is 10.1 Å². The minimum atomic E-state index is 0. The maximum Gasteiger partial charge on any atom is 0.276 e. The van der Waals surface area contributed by atoms with Gasteiger partial charge in [0.05, 0.1) is 12.6 Å². The number of rotatable bonds is 5. The summed E-state index contributed by atoms with van der Waals surface area (Å²) in [5.74, 6) is 1.92. The quantitative estimate of drug-likeness (QED) is 0.773. The number of methoxy groups -OCH3 is 1. The van der Waals surface area contributed by atoms with Crippen LogP contribution in [0.15, 0.2) is 34.9 Å². The van der Waals surface area contributed by atoms with Crippen LogP contribution in [0, 0.1) is 0 Å². The monoisotopic (exact) mass is 334 g/mol. The van der Waals surface area contributed by atoms with Gasteiger partial charge in [-0.25, -0.2) is 4.98 Å². The van der Waals surface area contributed by atoms with Crippen molar-refractivity contribution in [2.24, 2.45) is 0 Å². The number of hydrogen-bond acceptors (Lipinski definition) is 6. The van der Waals surface area contributed by atoms with E-state index in [0.717, 1.165) is 16.7 Å². The van der Waals surface area contributed by atoms with Crippen LogP contribution in [0.5, 0.6) is 5.75 Å². The Balaban J connectivity index is 0.00000192. The molecule has 0 aliphatic rings. The highest BCUT2D eigenvalue weighted by Crippen LogP contribution is 2.23. The molecule has 2 aromatic heterocycles. The third kappa shape index (κ3) is 3.78. The first-order valence-electron chi connectivity index (χ1n) is 7.14. The Morgan fingerprint density at radius 2 is 2.04 bits per heavy atom. The van der Waals surface area contributed by atoms with Crippen molar-refractivity contribution < 1.29 is 9.26 Å². The van der Waals surface area contributed by atoms with Gasteiger partial charge in [0.15, 0.2) is 5.82 Å². The summed E-state index contributed by atoms with van der Waals surface area (Å²) in [7, 11) is 3.56. The van der Waals surface area contributed by atoms with Gasteiger partial charge in [-0.3, -0.25) is 0 Å². The molecule has 0 saturated heterocycles. The Morgan fingerprint density at radius 3 is 2.78 bits per heavy atom. The molecule has 6 nitrogen and oxygen atoms in total. The van der Waals surface area contributed by atoms with E-state index in [1.165, 1.54) is 0 Å². The number of nitrogens with zero attached hydrogens (tertiary/aromatic N) is 3. The summed E-state index contributed by atoms with van der Waals surface area (Å²) < 4.78 is 10.5. The highest BCUT2D eigenvalue weighted by Gasteiger charge is 2.12.